The normalized spacial score (nSPS) is 12.2. The van der Waals surface area contributed by atoms with Gasteiger partial charge in [0, 0.05) is 5.56 Å². The number of nitrogens with one attached hydrogen (secondary N) is 2. The van der Waals surface area contributed by atoms with Gasteiger partial charge >= 0.3 is 0 Å². The molecule has 6 nitrogen and oxygen atoms in total. The maximum absolute atomic E-state index is 12.9. The van der Waals surface area contributed by atoms with Crippen LogP contribution in [-0.4, -0.2) is 14.3 Å². The third-order valence-electron chi connectivity index (χ3n) is 5.51. The van der Waals surface area contributed by atoms with Crippen LogP contribution in [-0.2, 0) is 10.0 Å². The van der Waals surface area contributed by atoms with Crippen molar-refractivity contribution in [2.45, 2.75) is 24.8 Å². The minimum atomic E-state index is -3.79. The molecule has 1 aromatic heterocycles. The van der Waals surface area contributed by atoms with Crippen LogP contribution in [0, 0.1) is 13.8 Å². The minimum absolute atomic E-state index is 0.0746. The van der Waals surface area contributed by atoms with E-state index in [-0.39, 0.29) is 10.8 Å². The number of amides is 1. The molecule has 1 unspecified atom stereocenters. The molecule has 2 N–H and O–H groups in total. The molecule has 33 heavy (non-hydrogen) atoms. The van der Waals surface area contributed by atoms with E-state index < -0.39 is 16.1 Å². The van der Waals surface area contributed by atoms with Crippen LogP contribution in [0.4, 0.5) is 5.69 Å². The van der Waals surface area contributed by atoms with Gasteiger partial charge in [-0.05, 0) is 73.0 Å². The summed E-state index contributed by atoms with van der Waals surface area (Å²) in [5, 5.41) is 2.97. The molecule has 1 atom stereocenters. The molecule has 0 aliphatic heterocycles. The van der Waals surface area contributed by atoms with Crippen molar-refractivity contribution in [3.63, 3.8) is 0 Å². The maximum Gasteiger partial charge on any atom is 0.261 e. The van der Waals surface area contributed by atoms with E-state index >= 15 is 0 Å². The number of carbonyl (C=O) groups excluding carboxylic acids is 1. The van der Waals surface area contributed by atoms with Crippen molar-refractivity contribution in [1.82, 2.24) is 5.32 Å². The second-order valence-corrected chi connectivity index (χ2v) is 9.39. The summed E-state index contributed by atoms with van der Waals surface area (Å²) in [6.45, 7) is 3.79. The van der Waals surface area contributed by atoms with E-state index in [0.29, 0.717) is 17.0 Å². The quantitative estimate of drug-likeness (QED) is 0.396. The Kier molecular flexibility index (Phi) is 6.33. The van der Waals surface area contributed by atoms with Crippen LogP contribution in [0.3, 0.4) is 0 Å². The topological polar surface area (TPSA) is 88.4 Å². The molecule has 1 amide bonds. The lowest BCUT2D eigenvalue weighted by molar-refractivity contribution is 0.0939. The van der Waals surface area contributed by atoms with Crippen molar-refractivity contribution >= 4 is 21.6 Å². The lowest BCUT2D eigenvalue weighted by Crippen LogP contribution is -2.29. The Balaban J connectivity index is 1.53. The van der Waals surface area contributed by atoms with Gasteiger partial charge in [0.25, 0.3) is 15.9 Å². The zero-order valence-electron chi connectivity index (χ0n) is 18.3. The summed E-state index contributed by atoms with van der Waals surface area (Å²) in [4.78, 5) is 13.0. The summed E-state index contributed by atoms with van der Waals surface area (Å²) >= 11 is 0. The van der Waals surface area contributed by atoms with Gasteiger partial charge in [-0.25, -0.2) is 8.42 Å². The van der Waals surface area contributed by atoms with Crippen molar-refractivity contribution in [3.05, 3.63) is 119 Å². The van der Waals surface area contributed by atoms with E-state index in [9.17, 15) is 13.2 Å². The Bertz CT molecular complexity index is 1350. The molecule has 0 aliphatic carbocycles. The smallest absolute Gasteiger partial charge is 0.261 e. The lowest BCUT2D eigenvalue weighted by atomic mass is 10.0. The highest BCUT2D eigenvalue weighted by Gasteiger charge is 2.21. The second-order valence-electron chi connectivity index (χ2n) is 7.71. The average Bonchev–Trinajstić information content (AvgIpc) is 3.35. The van der Waals surface area contributed by atoms with Crippen molar-refractivity contribution in [2.75, 3.05) is 4.72 Å². The summed E-state index contributed by atoms with van der Waals surface area (Å²) in [6, 6.07) is 23.9. The monoisotopic (exact) mass is 460 g/mol. The second kappa shape index (κ2) is 9.34. The Morgan fingerprint density at radius 3 is 2.24 bits per heavy atom. The van der Waals surface area contributed by atoms with Crippen LogP contribution in [0.25, 0.3) is 0 Å². The highest BCUT2D eigenvalue weighted by Crippen LogP contribution is 2.24. The Labute approximate surface area is 193 Å². The molecule has 168 valence electrons. The first kappa shape index (κ1) is 22.4. The largest absolute Gasteiger partial charge is 0.467 e. The fourth-order valence-corrected chi connectivity index (χ4v) is 4.61. The van der Waals surface area contributed by atoms with Gasteiger partial charge in [0.2, 0.25) is 0 Å². The third kappa shape index (κ3) is 4.99. The summed E-state index contributed by atoms with van der Waals surface area (Å²) < 4.78 is 33.8. The molecule has 0 saturated carbocycles. The van der Waals surface area contributed by atoms with Gasteiger partial charge in [-0.3, -0.25) is 9.52 Å². The van der Waals surface area contributed by atoms with Crippen LogP contribution in [0.2, 0.25) is 0 Å². The molecule has 0 radical (unpaired) electrons. The highest BCUT2D eigenvalue weighted by atomic mass is 32.2. The maximum atomic E-state index is 12.9. The van der Waals surface area contributed by atoms with Crippen LogP contribution in [0.15, 0.2) is 101 Å². The Morgan fingerprint density at radius 1 is 0.848 bits per heavy atom. The SMILES string of the molecule is Cc1cccc(NS(=O)(=O)c2ccc(C(=O)NC(c3ccccc3)c3ccco3)cc2)c1C. The van der Waals surface area contributed by atoms with Crippen LogP contribution in [0.1, 0.15) is 38.9 Å². The predicted molar refractivity (Wildman–Crippen MR) is 128 cm³/mol. The van der Waals surface area contributed by atoms with Gasteiger partial charge in [0.05, 0.1) is 16.8 Å². The molecule has 4 rings (SSSR count). The molecule has 1 heterocycles. The fraction of sp³-hybridized carbons (Fsp3) is 0.115. The van der Waals surface area contributed by atoms with Crippen LogP contribution in [0.5, 0.6) is 0 Å². The number of anilines is 1. The molecular formula is C26H24N2O4S. The number of benzene rings is 3. The summed E-state index contributed by atoms with van der Waals surface area (Å²) in [5.41, 5.74) is 3.60. The van der Waals surface area contributed by atoms with Gasteiger partial charge in [0.1, 0.15) is 11.8 Å². The van der Waals surface area contributed by atoms with E-state index in [1.54, 1.807) is 30.5 Å². The van der Waals surface area contributed by atoms with Gasteiger partial charge < -0.3 is 9.73 Å². The fourth-order valence-electron chi connectivity index (χ4n) is 3.48. The van der Waals surface area contributed by atoms with Crippen LogP contribution < -0.4 is 10.0 Å². The van der Waals surface area contributed by atoms with Crippen molar-refractivity contribution in [2.24, 2.45) is 0 Å². The van der Waals surface area contributed by atoms with Gasteiger partial charge in [0.15, 0.2) is 0 Å². The molecule has 4 aromatic rings. The van der Waals surface area contributed by atoms with Crippen LogP contribution >= 0.6 is 0 Å². The highest BCUT2D eigenvalue weighted by molar-refractivity contribution is 7.92. The van der Waals surface area contributed by atoms with E-state index in [0.717, 1.165) is 16.7 Å². The number of furan rings is 1. The average molecular weight is 461 g/mol. The van der Waals surface area contributed by atoms with Crippen molar-refractivity contribution < 1.29 is 17.6 Å². The standard InChI is InChI=1S/C26H24N2O4S/c1-18-8-6-11-23(19(18)2)28-33(30,31)22-15-13-21(14-16-22)26(29)27-25(24-12-7-17-32-24)20-9-4-3-5-10-20/h3-17,25,28H,1-2H3,(H,27,29). The zero-order chi connectivity index (χ0) is 23.4. The molecule has 7 heteroatoms. The first-order valence-electron chi connectivity index (χ1n) is 10.4. The number of hydrogen-bond donors (Lipinski definition) is 2. The zero-order valence-corrected chi connectivity index (χ0v) is 19.1. The third-order valence-corrected chi connectivity index (χ3v) is 6.89. The first-order chi connectivity index (χ1) is 15.8. The molecule has 0 fully saturated rings. The number of carbonyl (C=O) groups is 1. The molecule has 0 saturated heterocycles. The Hall–Kier alpha value is -3.84. The van der Waals surface area contributed by atoms with E-state index in [2.05, 4.69) is 10.0 Å². The van der Waals surface area contributed by atoms with Crippen molar-refractivity contribution in [3.8, 4) is 0 Å². The van der Waals surface area contributed by atoms with E-state index in [1.807, 2.05) is 50.2 Å². The van der Waals surface area contributed by atoms with Gasteiger partial charge in [-0.1, -0.05) is 42.5 Å². The minimum Gasteiger partial charge on any atom is -0.467 e. The molecule has 0 aliphatic rings. The van der Waals surface area contributed by atoms with Crippen molar-refractivity contribution in [1.29, 1.82) is 0 Å². The molecule has 0 bridgehead atoms. The van der Waals surface area contributed by atoms with Gasteiger partial charge in [-0.2, -0.15) is 0 Å². The van der Waals surface area contributed by atoms with Gasteiger partial charge in [-0.15, -0.1) is 0 Å². The lowest BCUT2D eigenvalue weighted by Gasteiger charge is -2.17. The molecule has 0 spiro atoms. The number of aryl methyl sites for hydroxylation is 1. The van der Waals surface area contributed by atoms with E-state index in [1.165, 1.54) is 24.3 Å². The Morgan fingerprint density at radius 2 is 1.58 bits per heavy atom. The number of sulfonamides is 1. The molecule has 3 aromatic carbocycles. The summed E-state index contributed by atoms with van der Waals surface area (Å²) in [6.07, 6.45) is 1.56. The molecular weight excluding hydrogens is 436 g/mol. The summed E-state index contributed by atoms with van der Waals surface area (Å²) in [5.74, 6) is 0.262. The van der Waals surface area contributed by atoms with E-state index in [4.69, 9.17) is 4.42 Å². The first-order valence-corrected chi connectivity index (χ1v) is 11.9. The predicted octanol–water partition coefficient (Wildman–Crippen LogP) is 5.22. The number of rotatable bonds is 7. The summed E-state index contributed by atoms with van der Waals surface area (Å²) in [7, 11) is -3.79. The number of hydrogen-bond acceptors (Lipinski definition) is 4.